The second-order valence-electron chi connectivity index (χ2n) is 2.86. The van der Waals surface area contributed by atoms with Crippen molar-refractivity contribution in [3.8, 4) is 0 Å². The molecule has 0 aromatic rings. The van der Waals surface area contributed by atoms with Crippen molar-refractivity contribution in [3.63, 3.8) is 0 Å². The van der Waals surface area contributed by atoms with E-state index in [1.54, 1.807) is 0 Å². The Balaban J connectivity index is 3.40. The Bertz CT molecular complexity index is 197. The van der Waals surface area contributed by atoms with Crippen LogP contribution in [0.25, 0.3) is 0 Å². The van der Waals surface area contributed by atoms with Crippen LogP contribution < -0.4 is 11.1 Å². The first kappa shape index (κ1) is 13.2. The fourth-order valence-corrected chi connectivity index (χ4v) is 1.58. The fourth-order valence-electron chi connectivity index (χ4n) is 0.635. The summed E-state index contributed by atoms with van der Waals surface area (Å²) in [6, 6.07) is 0.145. The molecule has 1 unspecified atom stereocenters. The fraction of sp³-hybridized carbons (Fsp3) is 0.750. The summed E-state index contributed by atoms with van der Waals surface area (Å²) in [7, 11) is 1.21. The molecule has 3 N–H and O–H groups in total. The number of rotatable bonds is 5. The van der Waals surface area contributed by atoms with E-state index in [2.05, 4.69) is 10.1 Å². The molecule has 0 aromatic carbocycles. The standard InChI is InChI=1S/C8H16N2O3S/c1-6(9)3-4-14-5-7(11)10-8(12)13-2/h6H,3-5,9H2,1-2H3,(H,10,11,12). The van der Waals surface area contributed by atoms with Gasteiger partial charge in [0.25, 0.3) is 0 Å². The molecule has 1 atom stereocenters. The number of carbonyl (C=O) groups is 2. The van der Waals surface area contributed by atoms with Gasteiger partial charge in [-0.2, -0.15) is 11.8 Å². The van der Waals surface area contributed by atoms with Gasteiger partial charge in [0.05, 0.1) is 12.9 Å². The summed E-state index contributed by atoms with van der Waals surface area (Å²) in [6.07, 6.45) is 0.138. The third-order valence-corrected chi connectivity index (χ3v) is 2.37. The van der Waals surface area contributed by atoms with Gasteiger partial charge in [-0.3, -0.25) is 10.1 Å². The molecule has 5 nitrogen and oxygen atoms in total. The highest BCUT2D eigenvalue weighted by atomic mass is 32.2. The number of ether oxygens (including phenoxy) is 1. The zero-order valence-corrected chi connectivity index (χ0v) is 9.23. The summed E-state index contributed by atoms with van der Waals surface area (Å²) in [5, 5.41) is 2.07. The van der Waals surface area contributed by atoms with E-state index < -0.39 is 6.09 Å². The number of alkyl carbamates (subject to hydrolysis) is 1. The SMILES string of the molecule is COC(=O)NC(=O)CSCCC(C)N. The lowest BCUT2D eigenvalue weighted by molar-refractivity contribution is -0.117. The summed E-state index contributed by atoms with van der Waals surface area (Å²) < 4.78 is 4.27. The van der Waals surface area contributed by atoms with E-state index in [0.717, 1.165) is 12.2 Å². The molecule has 6 heteroatoms. The van der Waals surface area contributed by atoms with E-state index in [1.165, 1.54) is 18.9 Å². The summed E-state index contributed by atoms with van der Waals surface area (Å²) in [6.45, 7) is 1.91. The third kappa shape index (κ3) is 7.88. The molecular formula is C8H16N2O3S. The van der Waals surface area contributed by atoms with Gasteiger partial charge >= 0.3 is 6.09 Å². The van der Waals surface area contributed by atoms with Crippen LogP contribution in [0.15, 0.2) is 0 Å². The summed E-state index contributed by atoms with van der Waals surface area (Å²) in [4.78, 5) is 21.6. The van der Waals surface area contributed by atoms with Crippen LogP contribution in [0, 0.1) is 0 Å². The van der Waals surface area contributed by atoms with Crippen LogP contribution >= 0.6 is 11.8 Å². The molecule has 0 spiro atoms. The number of amides is 2. The lowest BCUT2D eigenvalue weighted by Gasteiger charge is -2.04. The highest BCUT2D eigenvalue weighted by Crippen LogP contribution is 2.03. The minimum atomic E-state index is -0.720. The number of hydrogen-bond acceptors (Lipinski definition) is 5. The molecule has 14 heavy (non-hydrogen) atoms. The van der Waals surface area contributed by atoms with Crippen LogP contribution in [0.5, 0.6) is 0 Å². The lowest BCUT2D eigenvalue weighted by atomic mass is 10.3. The Hall–Kier alpha value is -0.750. The van der Waals surface area contributed by atoms with Crippen molar-refractivity contribution in [1.82, 2.24) is 5.32 Å². The third-order valence-electron chi connectivity index (χ3n) is 1.38. The number of hydrogen-bond donors (Lipinski definition) is 2. The van der Waals surface area contributed by atoms with Crippen molar-refractivity contribution in [2.75, 3.05) is 18.6 Å². The molecular weight excluding hydrogens is 204 g/mol. The van der Waals surface area contributed by atoms with E-state index in [1.807, 2.05) is 6.92 Å². The first-order valence-corrected chi connectivity index (χ1v) is 5.43. The molecule has 82 valence electrons. The van der Waals surface area contributed by atoms with Gasteiger partial charge < -0.3 is 10.5 Å². The van der Waals surface area contributed by atoms with Crippen LogP contribution in [0.2, 0.25) is 0 Å². The molecule has 0 aliphatic carbocycles. The van der Waals surface area contributed by atoms with Crippen molar-refractivity contribution < 1.29 is 14.3 Å². The highest BCUT2D eigenvalue weighted by Gasteiger charge is 2.06. The average Bonchev–Trinajstić information content (AvgIpc) is 2.12. The monoisotopic (exact) mass is 220 g/mol. The van der Waals surface area contributed by atoms with Crippen molar-refractivity contribution in [2.45, 2.75) is 19.4 Å². The van der Waals surface area contributed by atoms with Crippen molar-refractivity contribution in [2.24, 2.45) is 5.73 Å². The van der Waals surface area contributed by atoms with E-state index in [4.69, 9.17) is 5.73 Å². The van der Waals surface area contributed by atoms with Crippen LogP contribution in [0.4, 0.5) is 4.79 Å². The average molecular weight is 220 g/mol. The topological polar surface area (TPSA) is 81.4 Å². The van der Waals surface area contributed by atoms with Gasteiger partial charge in [-0.25, -0.2) is 4.79 Å². The highest BCUT2D eigenvalue weighted by molar-refractivity contribution is 7.99. The molecule has 0 saturated carbocycles. The molecule has 0 aromatic heterocycles. The second kappa shape index (κ2) is 7.64. The molecule has 0 saturated heterocycles. The minimum Gasteiger partial charge on any atom is -0.453 e. The summed E-state index contributed by atoms with van der Waals surface area (Å²) in [5.74, 6) is 0.722. The van der Waals surface area contributed by atoms with Crippen LogP contribution in [-0.2, 0) is 9.53 Å². The maximum atomic E-state index is 11.0. The summed E-state index contributed by atoms with van der Waals surface area (Å²) >= 11 is 1.44. The second-order valence-corrected chi connectivity index (χ2v) is 3.96. The number of nitrogens with one attached hydrogen (secondary N) is 1. The van der Waals surface area contributed by atoms with E-state index in [9.17, 15) is 9.59 Å². The summed E-state index contributed by atoms with van der Waals surface area (Å²) in [5.41, 5.74) is 5.52. The molecule has 0 aliphatic heterocycles. The van der Waals surface area contributed by atoms with E-state index >= 15 is 0 Å². The van der Waals surface area contributed by atoms with Crippen molar-refractivity contribution >= 4 is 23.8 Å². The number of carbonyl (C=O) groups excluding carboxylic acids is 2. The number of nitrogens with two attached hydrogens (primary N) is 1. The Morgan fingerprint density at radius 1 is 1.57 bits per heavy atom. The minimum absolute atomic E-state index is 0.145. The first-order chi connectivity index (χ1) is 6.56. The number of imide groups is 1. The number of methoxy groups -OCH3 is 1. The predicted molar refractivity (Wildman–Crippen MR) is 56.1 cm³/mol. The zero-order chi connectivity index (χ0) is 11.0. The van der Waals surface area contributed by atoms with Gasteiger partial charge in [0.1, 0.15) is 0 Å². The van der Waals surface area contributed by atoms with Gasteiger partial charge in [-0.1, -0.05) is 0 Å². The first-order valence-electron chi connectivity index (χ1n) is 4.27. The van der Waals surface area contributed by atoms with Gasteiger partial charge in [-0.05, 0) is 19.1 Å². The number of thioether (sulfide) groups is 1. The Morgan fingerprint density at radius 2 is 2.21 bits per heavy atom. The zero-order valence-electron chi connectivity index (χ0n) is 8.41. The quantitative estimate of drug-likeness (QED) is 0.653. The maximum absolute atomic E-state index is 11.0. The molecule has 2 amide bonds. The van der Waals surface area contributed by atoms with Crippen LogP contribution in [0.1, 0.15) is 13.3 Å². The van der Waals surface area contributed by atoms with Crippen LogP contribution in [0.3, 0.4) is 0 Å². The van der Waals surface area contributed by atoms with Gasteiger partial charge in [0.2, 0.25) is 5.91 Å². The molecule has 0 bridgehead atoms. The van der Waals surface area contributed by atoms with Crippen LogP contribution in [-0.4, -0.2) is 36.7 Å². The normalized spacial score (nSPS) is 11.9. The smallest absolute Gasteiger partial charge is 0.413 e. The van der Waals surface area contributed by atoms with E-state index in [0.29, 0.717) is 0 Å². The van der Waals surface area contributed by atoms with Gasteiger partial charge in [0.15, 0.2) is 0 Å². The molecule has 0 fully saturated rings. The molecule has 0 rings (SSSR count). The van der Waals surface area contributed by atoms with Crippen molar-refractivity contribution in [3.05, 3.63) is 0 Å². The van der Waals surface area contributed by atoms with Gasteiger partial charge in [0, 0.05) is 6.04 Å². The Labute approximate surface area is 87.7 Å². The molecule has 0 aliphatic rings. The van der Waals surface area contributed by atoms with E-state index in [-0.39, 0.29) is 17.7 Å². The Kier molecular flexibility index (Phi) is 7.23. The van der Waals surface area contributed by atoms with Gasteiger partial charge in [-0.15, -0.1) is 0 Å². The lowest BCUT2D eigenvalue weighted by Crippen LogP contribution is -2.31. The predicted octanol–water partition coefficient (Wildman–Crippen LogP) is 0.340. The Morgan fingerprint density at radius 3 is 2.71 bits per heavy atom. The molecule has 0 heterocycles. The van der Waals surface area contributed by atoms with Crippen molar-refractivity contribution in [1.29, 1.82) is 0 Å². The largest absolute Gasteiger partial charge is 0.453 e. The maximum Gasteiger partial charge on any atom is 0.413 e. The molecule has 0 radical (unpaired) electrons.